The van der Waals surface area contributed by atoms with Crippen molar-refractivity contribution in [1.82, 2.24) is 5.32 Å². The van der Waals surface area contributed by atoms with Gasteiger partial charge >= 0.3 is 5.97 Å². The predicted molar refractivity (Wildman–Crippen MR) is 60.2 cm³/mol. The molecular weight excluding hydrogens is 208 g/mol. The molecule has 0 amide bonds. The van der Waals surface area contributed by atoms with Crippen LogP contribution in [0.2, 0.25) is 0 Å². The molecule has 0 spiro atoms. The quantitative estimate of drug-likeness (QED) is 0.590. The molecule has 1 unspecified atom stereocenters. The van der Waals surface area contributed by atoms with Gasteiger partial charge in [-0.1, -0.05) is 0 Å². The molecule has 0 aliphatic heterocycles. The van der Waals surface area contributed by atoms with E-state index in [1.807, 2.05) is 19.1 Å². The largest absolute Gasteiger partial charge is 0.481 e. The number of rotatable bonds is 7. The van der Waals surface area contributed by atoms with Gasteiger partial charge in [-0.15, -0.1) is 0 Å². The van der Waals surface area contributed by atoms with E-state index >= 15 is 0 Å². The van der Waals surface area contributed by atoms with E-state index in [1.54, 1.807) is 0 Å². The number of carboxylic acids is 1. The molecule has 1 rings (SSSR count). The van der Waals surface area contributed by atoms with Gasteiger partial charge in [0.2, 0.25) is 0 Å². The summed E-state index contributed by atoms with van der Waals surface area (Å²) in [7, 11) is 0. The van der Waals surface area contributed by atoms with Gasteiger partial charge in [0.05, 0.1) is 6.42 Å². The number of carbonyl (C=O) groups is 1. The second-order valence-electron chi connectivity index (χ2n) is 3.82. The van der Waals surface area contributed by atoms with Crippen molar-refractivity contribution >= 4 is 5.97 Å². The Kier molecular flexibility index (Phi) is 5.01. The maximum Gasteiger partial charge on any atom is 0.304 e. The average molecular weight is 226 g/mol. The number of nitrogens with two attached hydrogens (primary N) is 1. The Labute approximate surface area is 94.6 Å². The van der Waals surface area contributed by atoms with Gasteiger partial charge in [0.15, 0.2) is 0 Å². The lowest BCUT2D eigenvalue weighted by molar-refractivity contribution is -0.137. The number of carboxylic acid groups (broad SMARTS) is 1. The molecule has 1 aromatic rings. The zero-order valence-electron chi connectivity index (χ0n) is 9.40. The third-order valence-electron chi connectivity index (χ3n) is 2.19. The molecule has 16 heavy (non-hydrogen) atoms. The number of hydrogen-bond donors (Lipinski definition) is 3. The van der Waals surface area contributed by atoms with E-state index in [9.17, 15) is 4.79 Å². The van der Waals surface area contributed by atoms with Gasteiger partial charge in [-0.05, 0) is 19.1 Å². The first-order valence-corrected chi connectivity index (χ1v) is 5.31. The Balaban J connectivity index is 2.10. The highest BCUT2D eigenvalue weighted by atomic mass is 16.4. The van der Waals surface area contributed by atoms with E-state index in [2.05, 4.69) is 5.32 Å². The number of aryl methyl sites for hydroxylation is 1. The Morgan fingerprint density at radius 2 is 2.38 bits per heavy atom. The lowest BCUT2D eigenvalue weighted by Crippen LogP contribution is -2.36. The third kappa shape index (κ3) is 4.95. The average Bonchev–Trinajstić information content (AvgIpc) is 2.58. The second-order valence-corrected chi connectivity index (χ2v) is 3.82. The molecule has 0 fully saturated rings. The van der Waals surface area contributed by atoms with Crippen LogP contribution in [-0.4, -0.2) is 30.2 Å². The summed E-state index contributed by atoms with van der Waals surface area (Å²) < 4.78 is 5.39. The fourth-order valence-corrected chi connectivity index (χ4v) is 1.41. The van der Waals surface area contributed by atoms with Crippen LogP contribution in [0.1, 0.15) is 17.9 Å². The van der Waals surface area contributed by atoms with Gasteiger partial charge in [-0.25, -0.2) is 0 Å². The molecular formula is C11H18N2O3. The van der Waals surface area contributed by atoms with E-state index in [0.29, 0.717) is 6.54 Å². The fraction of sp³-hybridized carbons (Fsp3) is 0.545. The van der Waals surface area contributed by atoms with Crippen LogP contribution in [0.15, 0.2) is 16.5 Å². The normalized spacial score (nSPS) is 12.6. The van der Waals surface area contributed by atoms with Gasteiger partial charge in [-0.2, -0.15) is 0 Å². The topological polar surface area (TPSA) is 88.5 Å². The summed E-state index contributed by atoms with van der Waals surface area (Å²) in [6.45, 7) is 3.14. The number of aliphatic carboxylic acids is 1. The smallest absolute Gasteiger partial charge is 0.304 e. The highest BCUT2D eigenvalue weighted by molar-refractivity contribution is 5.67. The highest BCUT2D eigenvalue weighted by Crippen LogP contribution is 2.05. The van der Waals surface area contributed by atoms with Crippen molar-refractivity contribution in [3.05, 3.63) is 23.7 Å². The van der Waals surface area contributed by atoms with Gasteiger partial charge < -0.3 is 20.6 Å². The van der Waals surface area contributed by atoms with Crippen molar-refractivity contribution in [3.63, 3.8) is 0 Å². The zero-order chi connectivity index (χ0) is 12.0. The molecule has 0 radical (unpaired) electrons. The summed E-state index contributed by atoms with van der Waals surface area (Å²) in [6, 6.07) is 3.52. The van der Waals surface area contributed by atoms with Crippen molar-refractivity contribution < 1.29 is 14.3 Å². The van der Waals surface area contributed by atoms with E-state index in [-0.39, 0.29) is 12.5 Å². The molecule has 0 saturated heterocycles. The summed E-state index contributed by atoms with van der Waals surface area (Å²) >= 11 is 0. The molecule has 1 heterocycles. The Bertz CT molecular complexity index is 336. The minimum atomic E-state index is -0.865. The van der Waals surface area contributed by atoms with Crippen molar-refractivity contribution in [3.8, 4) is 0 Å². The van der Waals surface area contributed by atoms with E-state index in [4.69, 9.17) is 15.3 Å². The minimum Gasteiger partial charge on any atom is -0.481 e. The standard InChI is InChI=1S/C11H18N2O3/c1-8-2-3-10(16-8)4-5-13-7-9(12)6-11(14)15/h2-3,9,13H,4-7,12H2,1H3,(H,14,15). The van der Waals surface area contributed by atoms with Crippen LogP contribution in [0.3, 0.4) is 0 Å². The van der Waals surface area contributed by atoms with Gasteiger partial charge in [0, 0.05) is 25.6 Å². The molecule has 1 aromatic heterocycles. The predicted octanol–water partition coefficient (Wildman–Crippen LogP) is 0.522. The molecule has 0 saturated carbocycles. The minimum absolute atomic E-state index is 0.00708. The Hall–Kier alpha value is -1.33. The third-order valence-corrected chi connectivity index (χ3v) is 2.19. The van der Waals surface area contributed by atoms with Crippen molar-refractivity contribution in [2.75, 3.05) is 13.1 Å². The monoisotopic (exact) mass is 226 g/mol. The van der Waals surface area contributed by atoms with Crippen molar-refractivity contribution in [2.45, 2.75) is 25.8 Å². The molecule has 1 atom stereocenters. The molecule has 5 heteroatoms. The zero-order valence-corrected chi connectivity index (χ0v) is 9.40. The number of nitrogens with one attached hydrogen (secondary N) is 1. The second kappa shape index (κ2) is 6.30. The number of furan rings is 1. The molecule has 0 aliphatic carbocycles. The van der Waals surface area contributed by atoms with Crippen LogP contribution in [0.25, 0.3) is 0 Å². The summed E-state index contributed by atoms with van der Waals surface area (Å²) in [5.41, 5.74) is 5.59. The van der Waals surface area contributed by atoms with Gasteiger partial charge in [0.1, 0.15) is 11.5 Å². The first-order chi connectivity index (χ1) is 7.58. The molecule has 0 aliphatic rings. The summed E-state index contributed by atoms with van der Waals surface area (Å²) in [6.07, 6.45) is 0.778. The maximum atomic E-state index is 10.3. The summed E-state index contributed by atoms with van der Waals surface area (Å²) in [5.74, 6) is 0.963. The lowest BCUT2D eigenvalue weighted by atomic mass is 10.2. The van der Waals surface area contributed by atoms with E-state index in [1.165, 1.54) is 0 Å². The molecule has 4 N–H and O–H groups in total. The number of hydrogen-bond acceptors (Lipinski definition) is 4. The van der Waals surface area contributed by atoms with Crippen LogP contribution < -0.4 is 11.1 Å². The van der Waals surface area contributed by atoms with Crippen molar-refractivity contribution in [1.29, 1.82) is 0 Å². The van der Waals surface area contributed by atoms with Gasteiger partial charge in [0.25, 0.3) is 0 Å². The van der Waals surface area contributed by atoms with E-state index in [0.717, 1.165) is 24.5 Å². The SMILES string of the molecule is Cc1ccc(CCNCC(N)CC(=O)O)o1. The Morgan fingerprint density at radius 1 is 1.62 bits per heavy atom. The first-order valence-electron chi connectivity index (χ1n) is 5.31. The molecule has 5 nitrogen and oxygen atoms in total. The van der Waals surface area contributed by atoms with Crippen molar-refractivity contribution in [2.24, 2.45) is 5.73 Å². The Morgan fingerprint density at radius 3 is 2.94 bits per heavy atom. The van der Waals surface area contributed by atoms with Crippen LogP contribution >= 0.6 is 0 Å². The van der Waals surface area contributed by atoms with Crippen LogP contribution in [0.4, 0.5) is 0 Å². The van der Waals surface area contributed by atoms with Crippen LogP contribution in [0.5, 0.6) is 0 Å². The highest BCUT2D eigenvalue weighted by Gasteiger charge is 2.07. The molecule has 90 valence electrons. The van der Waals surface area contributed by atoms with Gasteiger partial charge in [-0.3, -0.25) is 4.79 Å². The molecule has 0 aromatic carbocycles. The summed E-state index contributed by atoms with van der Waals surface area (Å²) in [5, 5.41) is 11.6. The fourth-order valence-electron chi connectivity index (χ4n) is 1.41. The lowest BCUT2D eigenvalue weighted by Gasteiger charge is -2.09. The van der Waals surface area contributed by atoms with E-state index < -0.39 is 5.97 Å². The maximum absolute atomic E-state index is 10.3. The summed E-state index contributed by atoms with van der Waals surface area (Å²) in [4.78, 5) is 10.3. The molecule has 0 bridgehead atoms. The van der Waals surface area contributed by atoms with Crippen LogP contribution in [0, 0.1) is 6.92 Å². The van der Waals surface area contributed by atoms with Crippen LogP contribution in [-0.2, 0) is 11.2 Å². The first kappa shape index (κ1) is 12.7.